The van der Waals surface area contributed by atoms with Crippen molar-refractivity contribution in [3.05, 3.63) is 12.3 Å². The minimum atomic E-state index is -0.724. The normalized spacial score (nSPS) is 7.22. The van der Waals surface area contributed by atoms with Gasteiger partial charge in [0.1, 0.15) is 0 Å². The number of esters is 1. The fraction of sp³-hybridized carbons (Fsp3) is 0.200. The van der Waals surface area contributed by atoms with E-state index in [0.717, 1.165) is 6.08 Å². The van der Waals surface area contributed by atoms with Gasteiger partial charge < -0.3 is 4.74 Å². The van der Waals surface area contributed by atoms with Crippen LogP contribution in [0, 0.1) is 0 Å². The molecule has 0 aliphatic carbocycles. The average molecular weight is 127 g/mol. The molecule has 48 valence electrons. The summed E-state index contributed by atoms with van der Waals surface area (Å²) in [5, 5.41) is 0. The fourth-order valence-electron chi connectivity index (χ4n) is 0.219. The van der Waals surface area contributed by atoms with Crippen LogP contribution >= 0.6 is 0 Å². The van der Waals surface area contributed by atoms with Gasteiger partial charge in [-0.3, -0.25) is 0 Å². The van der Waals surface area contributed by atoms with Crippen molar-refractivity contribution in [1.82, 2.24) is 0 Å². The van der Waals surface area contributed by atoms with E-state index in [1.165, 1.54) is 7.11 Å². The second kappa shape index (κ2) is 3.57. The Hall–Kier alpha value is -1.41. The summed E-state index contributed by atoms with van der Waals surface area (Å²) in [7, 11) is 1.17. The lowest BCUT2D eigenvalue weighted by atomic mass is 10.5. The number of nitrogens with zero attached hydrogens (tertiary/aromatic N) is 1. The van der Waals surface area contributed by atoms with Gasteiger partial charge in [0.25, 0.3) is 0 Å². The summed E-state index contributed by atoms with van der Waals surface area (Å²) in [6.45, 7) is 3.11. The van der Waals surface area contributed by atoms with Gasteiger partial charge in [-0.25, -0.2) is 9.59 Å². The molecule has 0 heterocycles. The second-order valence-corrected chi connectivity index (χ2v) is 1.14. The molecule has 0 aromatic heterocycles. The van der Waals surface area contributed by atoms with Crippen molar-refractivity contribution in [3.8, 4) is 0 Å². The largest absolute Gasteiger partial charge is 0.464 e. The van der Waals surface area contributed by atoms with E-state index in [-0.39, 0.29) is 5.70 Å². The Bertz CT molecular complexity index is 179. The number of hydrogen-bond acceptors (Lipinski definition) is 4. The first-order chi connectivity index (χ1) is 4.22. The Morgan fingerprint density at radius 1 is 1.78 bits per heavy atom. The molecule has 0 saturated carbocycles. The van der Waals surface area contributed by atoms with E-state index in [0.29, 0.717) is 0 Å². The van der Waals surface area contributed by atoms with Gasteiger partial charge in [-0.05, 0) is 0 Å². The third kappa shape index (κ3) is 2.41. The highest BCUT2D eigenvalue weighted by atomic mass is 16.5. The van der Waals surface area contributed by atoms with E-state index in [4.69, 9.17) is 0 Å². The standard InChI is InChI=1S/C5H5NO3/c1-4(6-3-7)5(8)9-2/h1H2,2H3. The molecule has 0 atom stereocenters. The number of carbonyl (C=O) groups excluding carboxylic acids is 2. The molecule has 0 unspecified atom stereocenters. The van der Waals surface area contributed by atoms with Gasteiger partial charge in [-0.2, -0.15) is 4.99 Å². The van der Waals surface area contributed by atoms with Gasteiger partial charge >= 0.3 is 5.97 Å². The fourth-order valence-corrected chi connectivity index (χ4v) is 0.219. The lowest BCUT2D eigenvalue weighted by molar-refractivity contribution is -0.136. The van der Waals surface area contributed by atoms with Gasteiger partial charge in [-0.15, -0.1) is 0 Å². The number of aliphatic imine (C=N–C) groups is 1. The van der Waals surface area contributed by atoms with E-state index < -0.39 is 5.97 Å². The van der Waals surface area contributed by atoms with E-state index in [9.17, 15) is 9.59 Å². The lowest BCUT2D eigenvalue weighted by Gasteiger charge is -1.91. The topological polar surface area (TPSA) is 55.7 Å². The SMILES string of the molecule is C=C(N=C=O)C(=O)OC. The third-order valence-electron chi connectivity index (χ3n) is 0.602. The quantitative estimate of drug-likeness (QED) is 0.227. The molecule has 0 aliphatic rings. The smallest absolute Gasteiger partial charge is 0.356 e. The monoisotopic (exact) mass is 127 g/mol. The molecule has 0 aromatic rings. The zero-order valence-corrected chi connectivity index (χ0v) is 4.88. The highest BCUT2D eigenvalue weighted by Crippen LogP contribution is 1.91. The van der Waals surface area contributed by atoms with Gasteiger partial charge in [-0.1, -0.05) is 6.58 Å². The van der Waals surface area contributed by atoms with Crippen molar-refractivity contribution < 1.29 is 14.3 Å². The van der Waals surface area contributed by atoms with Crippen molar-refractivity contribution in [1.29, 1.82) is 0 Å². The molecular formula is C5H5NO3. The van der Waals surface area contributed by atoms with Crippen LogP contribution in [0.5, 0.6) is 0 Å². The molecule has 0 fully saturated rings. The molecule has 4 nitrogen and oxygen atoms in total. The summed E-state index contributed by atoms with van der Waals surface area (Å²) in [6, 6.07) is 0. The number of hydrogen-bond donors (Lipinski definition) is 0. The molecule has 0 amide bonds. The number of methoxy groups -OCH3 is 1. The van der Waals surface area contributed by atoms with Crippen molar-refractivity contribution in [2.75, 3.05) is 7.11 Å². The first kappa shape index (κ1) is 7.59. The molecule has 0 spiro atoms. The predicted octanol–water partition coefficient (Wildman–Crippen LogP) is 0.00890. The van der Waals surface area contributed by atoms with Gasteiger partial charge in [0.15, 0.2) is 5.70 Å². The van der Waals surface area contributed by atoms with E-state index >= 15 is 0 Å². The number of rotatable bonds is 2. The first-order valence-corrected chi connectivity index (χ1v) is 2.07. The van der Waals surface area contributed by atoms with Crippen LogP contribution in [0.25, 0.3) is 0 Å². The van der Waals surface area contributed by atoms with Crippen LogP contribution in [0.15, 0.2) is 17.3 Å². The molecule has 0 aromatic carbocycles. The van der Waals surface area contributed by atoms with Crippen LogP contribution in [0.3, 0.4) is 0 Å². The Labute approximate surface area is 51.8 Å². The minimum Gasteiger partial charge on any atom is -0.464 e. The highest BCUT2D eigenvalue weighted by molar-refractivity contribution is 5.88. The third-order valence-corrected chi connectivity index (χ3v) is 0.602. The minimum absolute atomic E-state index is 0.243. The van der Waals surface area contributed by atoms with Gasteiger partial charge in [0.05, 0.1) is 7.11 Å². The molecule has 0 N–H and O–H groups in total. The molecule has 4 heteroatoms. The van der Waals surface area contributed by atoms with Crippen molar-refractivity contribution >= 4 is 12.0 Å². The molecule has 0 radical (unpaired) electrons. The van der Waals surface area contributed by atoms with E-state index in [2.05, 4.69) is 16.3 Å². The van der Waals surface area contributed by atoms with Crippen LogP contribution in [0.1, 0.15) is 0 Å². The molecule has 0 bridgehead atoms. The number of isocyanates is 1. The van der Waals surface area contributed by atoms with Crippen LogP contribution in [0.4, 0.5) is 0 Å². The Morgan fingerprint density at radius 3 is 2.67 bits per heavy atom. The predicted molar refractivity (Wildman–Crippen MR) is 29.3 cm³/mol. The number of carbonyl (C=O) groups is 1. The van der Waals surface area contributed by atoms with E-state index in [1.54, 1.807) is 0 Å². The Balaban J connectivity index is 4.04. The zero-order valence-electron chi connectivity index (χ0n) is 4.88. The van der Waals surface area contributed by atoms with Crippen LogP contribution < -0.4 is 0 Å². The maximum Gasteiger partial charge on any atom is 0.356 e. The van der Waals surface area contributed by atoms with Gasteiger partial charge in [0.2, 0.25) is 6.08 Å². The van der Waals surface area contributed by atoms with Crippen LogP contribution in [-0.4, -0.2) is 19.2 Å². The summed E-state index contributed by atoms with van der Waals surface area (Å²) in [4.78, 5) is 22.7. The summed E-state index contributed by atoms with van der Waals surface area (Å²) in [6.07, 6.45) is 1.16. The van der Waals surface area contributed by atoms with Crippen molar-refractivity contribution in [3.63, 3.8) is 0 Å². The van der Waals surface area contributed by atoms with Gasteiger partial charge in [0, 0.05) is 0 Å². The molecule has 0 saturated heterocycles. The Kier molecular flexibility index (Phi) is 3.01. The maximum absolute atomic E-state index is 10.3. The summed E-state index contributed by atoms with van der Waals surface area (Å²) < 4.78 is 4.15. The van der Waals surface area contributed by atoms with Crippen LogP contribution in [0.2, 0.25) is 0 Å². The van der Waals surface area contributed by atoms with Crippen molar-refractivity contribution in [2.24, 2.45) is 4.99 Å². The zero-order chi connectivity index (χ0) is 7.28. The van der Waals surface area contributed by atoms with Crippen LogP contribution in [-0.2, 0) is 14.3 Å². The summed E-state index contributed by atoms with van der Waals surface area (Å²) in [5.74, 6) is -0.724. The van der Waals surface area contributed by atoms with E-state index in [1.807, 2.05) is 0 Å². The maximum atomic E-state index is 10.3. The second-order valence-electron chi connectivity index (χ2n) is 1.14. The molecular weight excluding hydrogens is 122 g/mol. The first-order valence-electron chi connectivity index (χ1n) is 2.07. The Morgan fingerprint density at radius 2 is 2.33 bits per heavy atom. The summed E-state index contributed by atoms with van der Waals surface area (Å²) in [5.41, 5.74) is -0.243. The van der Waals surface area contributed by atoms with Crippen molar-refractivity contribution in [2.45, 2.75) is 0 Å². The average Bonchev–Trinajstić information content (AvgIpc) is 1.87. The number of ether oxygens (including phenoxy) is 1. The lowest BCUT2D eigenvalue weighted by Crippen LogP contribution is -2.00. The highest BCUT2D eigenvalue weighted by Gasteiger charge is 2.02. The molecule has 9 heavy (non-hydrogen) atoms. The molecule has 0 aliphatic heterocycles. The molecule has 0 rings (SSSR count). The summed E-state index contributed by atoms with van der Waals surface area (Å²) >= 11 is 0.